The van der Waals surface area contributed by atoms with Crippen LogP contribution in [0.4, 0.5) is 0 Å². The smallest absolute Gasteiger partial charge is 0.307 e. The number of piperidine rings is 1. The molecule has 0 amide bonds. The van der Waals surface area contributed by atoms with Gasteiger partial charge in [-0.15, -0.1) is 0 Å². The van der Waals surface area contributed by atoms with Gasteiger partial charge in [-0.25, -0.2) is 0 Å². The van der Waals surface area contributed by atoms with Crippen LogP contribution in [0.1, 0.15) is 77.6 Å². The van der Waals surface area contributed by atoms with Crippen LogP contribution in [0.2, 0.25) is 0 Å². The number of ether oxygens (including phenoxy) is 1. The van der Waals surface area contributed by atoms with Crippen molar-refractivity contribution in [1.29, 1.82) is 5.26 Å². The molecule has 2 aliphatic rings. The molecule has 5 heteroatoms. The van der Waals surface area contributed by atoms with Gasteiger partial charge in [0.25, 0.3) is 0 Å². The Bertz CT molecular complexity index is 448. The Morgan fingerprint density at radius 3 is 2.78 bits per heavy atom. The van der Waals surface area contributed by atoms with Crippen molar-refractivity contribution >= 4 is 5.97 Å². The highest BCUT2D eigenvalue weighted by molar-refractivity contribution is 5.70. The summed E-state index contributed by atoms with van der Waals surface area (Å²) in [6.45, 7) is 2.02. The number of hydrogen-bond acceptors (Lipinski definition) is 5. The van der Waals surface area contributed by atoms with Crippen LogP contribution in [0.3, 0.4) is 0 Å². The third-order valence-corrected chi connectivity index (χ3v) is 5.21. The summed E-state index contributed by atoms with van der Waals surface area (Å²) in [6, 6.07) is 2.42. The molecule has 3 unspecified atom stereocenters. The van der Waals surface area contributed by atoms with Gasteiger partial charge >= 0.3 is 5.97 Å². The third kappa shape index (κ3) is 4.68. The van der Waals surface area contributed by atoms with E-state index < -0.39 is 11.1 Å². The number of hydrogen-bond donors (Lipinski definition) is 2. The zero-order valence-corrected chi connectivity index (χ0v) is 14.3. The molecule has 130 valence electrons. The molecule has 0 radical (unpaired) electrons. The van der Waals surface area contributed by atoms with Crippen molar-refractivity contribution in [1.82, 2.24) is 5.32 Å². The molecule has 2 fully saturated rings. The molecule has 0 aromatic rings. The van der Waals surface area contributed by atoms with Crippen molar-refractivity contribution < 1.29 is 14.6 Å². The fourth-order valence-corrected chi connectivity index (χ4v) is 3.98. The SMILES string of the molecule is CCCCCCCCC(=O)OC12CCC(CC(C#N)(CO)C1)N2. The van der Waals surface area contributed by atoms with Crippen molar-refractivity contribution in [2.45, 2.75) is 89.3 Å². The lowest BCUT2D eigenvalue weighted by molar-refractivity contribution is -0.169. The number of aliphatic hydroxyl groups excluding tert-OH is 1. The molecule has 0 saturated carbocycles. The Hall–Kier alpha value is -1.12. The molecule has 2 bridgehead atoms. The minimum Gasteiger partial charge on any atom is -0.444 e. The van der Waals surface area contributed by atoms with Crippen LogP contribution in [-0.4, -0.2) is 29.4 Å². The molecule has 2 aliphatic heterocycles. The lowest BCUT2D eigenvalue weighted by Crippen LogP contribution is -2.56. The van der Waals surface area contributed by atoms with Gasteiger partial charge in [0.2, 0.25) is 0 Å². The second-order valence-electron chi connectivity index (χ2n) is 7.30. The van der Waals surface area contributed by atoms with E-state index in [-0.39, 0.29) is 18.6 Å². The van der Waals surface area contributed by atoms with Crippen LogP contribution >= 0.6 is 0 Å². The van der Waals surface area contributed by atoms with Crippen molar-refractivity contribution in [3.63, 3.8) is 0 Å². The maximum atomic E-state index is 12.2. The van der Waals surface area contributed by atoms with E-state index in [0.29, 0.717) is 19.3 Å². The van der Waals surface area contributed by atoms with Crippen LogP contribution < -0.4 is 5.32 Å². The summed E-state index contributed by atoms with van der Waals surface area (Å²) >= 11 is 0. The summed E-state index contributed by atoms with van der Waals surface area (Å²) < 4.78 is 5.74. The van der Waals surface area contributed by atoms with Gasteiger partial charge in [-0.1, -0.05) is 39.0 Å². The normalized spacial score (nSPS) is 32.5. The molecule has 3 atom stereocenters. The highest BCUT2D eigenvalue weighted by Crippen LogP contribution is 2.46. The Labute approximate surface area is 139 Å². The van der Waals surface area contributed by atoms with Crippen LogP contribution in [0, 0.1) is 16.7 Å². The number of carbonyl (C=O) groups is 1. The topological polar surface area (TPSA) is 82.4 Å². The van der Waals surface area contributed by atoms with Crippen LogP contribution in [-0.2, 0) is 9.53 Å². The first-order valence-electron chi connectivity index (χ1n) is 9.09. The predicted molar refractivity (Wildman–Crippen MR) is 87.3 cm³/mol. The maximum Gasteiger partial charge on any atom is 0.307 e. The molecule has 0 spiro atoms. The average Bonchev–Trinajstić information content (AvgIpc) is 2.85. The van der Waals surface area contributed by atoms with Gasteiger partial charge in [-0.05, 0) is 19.3 Å². The van der Waals surface area contributed by atoms with Gasteiger partial charge in [-0.2, -0.15) is 5.26 Å². The molecule has 0 aromatic heterocycles. The van der Waals surface area contributed by atoms with E-state index in [9.17, 15) is 15.2 Å². The minimum atomic E-state index is -0.771. The third-order valence-electron chi connectivity index (χ3n) is 5.21. The van der Waals surface area contributed by atoms with Gasteiger partial charge in [0.1, 0.15) is 0 Å². The van der Waals surface area contributed by atoms with Crippen molar-refractivity contribution in [3.05, 3.63) is 0 Å². The van der Waals surface area contributed by atoms with Crippen LogP contribution in [0.15, 0.2) is 0 Å². The predicted octanol–water partition coefficient (Wildman–Crippen LogP) is 3.02. The van der Waals surface area contributed by atoms with Gasteiger partial charge in [-0.3, -0.25) is 10.1 Å². The van der Waals surface area contributed by atoms with E-state index >= 15 is 0 Å². The van der Waals surface area contributed by atoms with E-state index in [2.05, 4.69) is 18.3 Å². The lowest BCUT2D eigenvalue weighted by Gasteiger charge is -2.41. The Morgan fingerprint density at radius 1 is 1.35 bits per heavy atom. The first-order valence-corrected chi connectivity index (χ1v) is 9.09. The van der Waals surface area contributed by atoms with Gasteiger partial charge in [0.15, 0.2) is 5.72 Å². The Kier molecular flexibility index (Phi) is 6.43. The van der Waals surface area contributed by atoms with E-state index in [1.807, 2.05) is 0 Å². The Morgan fingerprint density at radius 2 is 2.09 bits per heavy atom. The van der Waals surface area contributed by atoms with Crippen LogP contribution in [0.25, 0.3) is 0 Å². The van der Waals surface area contributed by atoms with E-state index in [0.717, 1.165) is 25.7 Å². The fraction of sp³-hybridized carbons (Fsp3) is 0.889. The number of fused-ring (bicyclic) bond motifs is 2. The standard InChI is InChI=1S/C18H30N2O3/c1-2-3-4-5-6-7-8-16(22)23-18-10-9-15(20-18)11-17(12-18,13-19)14-21/h15,20-21H,2-12,14H2,1H3. The molecule has 2 saturated heterocycles. The number of rotatable bonds is 9. The monoisotopic (exact) mass is 322 g/mol. The summed E-state index contributed by atoms with van der Waals surface area (Å²) in [4.78, 5) is 12.2. The average molecular weight is 322 g/mol. The summed E-state index contributed by atoms with van der Waals surface area (Å²) in [5.41, 5.74) is -1.51. The highest BCUT2D eigenvalue weighted by Gasteiger charge is 2.54. The summed E-state index contributed by atoms with van der Waals surface area (Å²) in [5.74, 6) is -0.180. The lowest BCUT2D eigenvalue weighted by atomic mass is 9.76. The van der Waals surface area contributed by atoms with Crippen LogP contribution in [0.5, 0.6) is 0 Å². The largest absolute Gasteiger partial charge is 0.444 e. The molecule has 0 aromatic carbocycles. The van der Waals surface area contributed by atoms with Gasteiger partial charge in [0.05, 0.1) is 18.1 Å². The summed E-state index contributed by atoms with van der Waals surface area (Å²) in [5, 5.41) is 22.4. The van der Waals surface area contributed by atoms with Crippen molar-refractivity contribution in [2.24, 2.45) is 5.41 Å². The fourth-order valence-electron chi connectivity index (χ4n) is 3.98. The number of nitrogens with one attached hydrogen (secondary N) is 1. The minimum absolute atomic E-state index is 0.164. The second kappa shape index (κ2) is 8.12. The zero-order chi connectivity index (χ0) is 16.8. The molecular formula is C18H30N2O3. The van der Waals surface area contributed by atoms with Gasteiger partial charge < -0.3 is 9.84 Å². The highest BCUT2D eigenvalue weighted by atomic mass is 16.6. The number of unbranched alkanes of at least 4 members (excludes halogenated alkanes) is 5. The molecule has 5 nitrogen and oxygen atoms in total. The maximum absolute atomic E-state index is 12.2. The summed E-state index contributed by atoms with van der Waals surface area (Å²) in [7, 11) is 0. The first kappa shape index (κ1) is 18.2. The van der Waals surface area contributed by atoms with E-state index in [1.54, 1.807) is 0 Å². The molecule has 0 aliphatic carbocycles. The number of aliphatic hydroxyl groups is 1. The quantitative estimate of drug-likeness (QED) is 0.503. The molecule has 23 heavy (non-hydrogen) atoms. The van der Waals surface area contributed by atoms with Crippen molar-refractivity contribution in [2.75, 3.05) is 6.61 Å². The number of nitriles is 1. The number of carbonyl (C=O) groups excluding carboxylic acids is 1. The van der Waals surface area contributed by atoms with E-state index in [1.165, 1.54) is 25.7 Å². The molecule has 2 heterocycles. The zero-order valence-electron chi connectivity index (χ0n) is 14.3. The molecule has 2 rings (SSSR count). The first-order chi connectivity index (χ1) is 11.1. The van der Waals surface area contributed by atoms with Gasteiger partial charge in [0, 0.05) is 25.3 Å². The summed E-state index contributed by atoms with van der Waals surface area (Å²) in [6.07, 6.45) is 9.94. The van der Waals surface area contributed by atoms with Crippen molar-refractivity contribution in [3.8, 4) is 6.07 Å². The van der Waals surface area contributed by atoms with E-state index in [4.69, 9.17) is 4.74 Å². The Balaban J connectivity index is 1.79. The second-order valence-corrected chi connectivity index (χ2v) is 7.30. The molecular weight excluding hydrogens is 292 g/mol. The number of nitrogens with zero attached hydrogens (tertiary/aromatic N) is 1. The number of esters is 1. The molecule has 2 N–H and O–H groups in total.